The van der Waals surface area contributed by atoms with E-state index in [0.29, 0.717) is 16.6 Å². The minimum absolute atomic E-state index is 0.281. The van der Waals surface area contributed by atoms with Crippen molar-refractivity contribution in [2.75, 3.05) is 12.3 Å². The quantitative estimate of drug-likeness (QED) is 0.488. The normalized spacial score (nSPS) is 31.1. The van der Waals surface area contributed by atoms with Gasteiger partial charge in [-0.15, -0.1) is 0 Å². The Morgan fingerprint density at radius 1 is 1.42 bits per heavy atom. The third kappa shape index (κ3) is 1.76. The number of fused-ring (bicyclic) bond motifs is 1. The molecule has 4 atom stereocenters. The largest absolute Gasteiger partial charge is 0.395 e. The molecule has 0 spiro atoms. The average molecular weight is 267 g/mol. The molecule has 1 aliphatic heterocycles. The van der Waals surface area contributed by atoms with Gasteiger partial charge in [0.1, 0.15) is 24.1 Å². The lowest BCUT2D eigenvalue weighted by atomic mass is 10.0. The van der Waals surface area contributed by atoms with Gasteiger partial charge in [0.25, 0.3) is 0 Å². The van der Waals surface area contributed by atoms with Crippen LogP contribution in [0.3, 0.4) is 0 Å². The maximum atomic E-state index is 14.1. The smallest absolute Gasteiger partial charge is 0.151 e. The van der Waals surface area contributed by atoms with E-state index in [4.69, 9.17) is 10.8 Å². The third-order valence-electron chi connectivity index (χ3n) is 3.50. The molecular weight excluding hydrogens is 253 g/mol. The number of hydrogen-bond donors (Lipinski definition) is 5. The van der Waals surface area contributed by atoms with Crippen LogP contribution in [-0.4, -0.2) is 50.1 Å². The number of nitrogens with zero attached hydrogens (tertiary/aromatic N) is 2. The van der Waals surface area contributed by atoms with E-state index in [-0.39, 0.29) is 12.4 Å². The molecule has 1 saturated heterocycles. The van der Waals surface area contributed by atoms with Crippen LogP contribution in [0.2, 0.25) is 0 Å². The summed E-state index contributed by atoms with van der Waals surface area (Å²) in [6, 6.07) is -1.43. The van der Waals surface area contributed by atoms with Crippen LogP contribution in [0.15, 0.2) is 12.5 Å². The number of aliphatic hydroxyl groups excluding tert-OH is 2. The number of nitrogens with one attached hydrogen (secondary N) is 2. The van der Waals surface area contributed by atoms with Crippen molar-refractivity contribution in [3.05, 3.63) is 18.1 Å². The second-order valence-electron chi connectivity index (χ2n) is 4.59. The molecule has 102 valence electrons. The molecule has 2 aromatic heterocycles. The van der Waals surface area contributed by atoms with Crippen molar-refractivity contribution in [1.82, 2.24) is 20.3 Å². The van der Waals surface area contributed by atoms with Gasteiger partial charge in [-0.3, -0.25) is 5.32 Å². The molecule has 1 fully saturated rings. The molecule has 8 heteroatoms. The van der Waals surface area contributed by atoms with Crippen LogP contribution < -0.4 is 11.1 Å². The highest BCUT2D eigenvalue weighted by Crippen LogP contribution is 2.34. The van der Waals surface area contributed by atoms with Gasteiger partial charge in [-0.05, 0) is 0 Å². The number of aromatic nitrogens is 3. The van der Waals surface area contributed by atoms with Gasteiger partial charge in [0, 0.05) is 11.8 Å². The number of aromatic amines is 1. The second-order valence-corrected chi connectivity index (χ2v) is 4.59. The Morgan fingerprint density at radius 2 is 2.21 bits per heavy atom. The Hall–Kier alpha value is -1.77. The molecular formula is C11H14FN5O2. The lowest BCUT2D eigenvalue weighted by Crippen LogP contribution is -2.35. The maximum absolute atomic E-state index is 14.1. The van der Waals surface area contributed by atoms with Gasteiger partial charge < -0.3 is 20.9 Å². The van der Waals surface area contributed by atoms with E-state index in [2.05, 4.69) is 20.3 Å². The van der Waals surface area contributed by atoms with E-state index in [9.17, 15) is 9.50 Å². The van der Waals surface area contributed by atoms with Gasteiger partial charge in [0.2, 0.25) is 0 Å². The zero-order valence-electron chi connectivity index (χ0n) is 9.92. The average Bonchev–Trinajstić information content (AvgIpc) is 2.94. The van der Waals surface area contributed by atoms with Crippen molar-refractivity contribution in [1.29, 1.82) is 0 Å². The van der Waals surface area contributed by atoms with E-state index in [1.807, 2.05) is 0 Å². The molecule has 0 radical (unpaired) electrons. The molecule has 0 aliphatic carbocycles. The van der Waals surface area contributed by atoms with Gasteiger partial charge >= 0.3 is 0 Å². The summed E-state index contributed by atoms with van der Waals surface area (Å²) in [4.78, 5) is 10.8. The van der Waals surface area contributed by atoms with Crippen LogP contribution in [0.4, 0.5) is 10.2 Å². The number of H-pyrrole nitrogens is 1. The summed E-state index contributed by atoms with van der Waals surface area (Å²) in [5.74, 6) is 0.281. The van der Waals surface area contributed by atoms with Gasteiger partial charge in [-0.1, -0.05) is 0 Å². The molecule has 0 aromatic carbocycles. The first-order valence-electron chi connectivity index (χ1n) is 5.90. The van der Waals surface area contributed by atoms with Gasteiger partial charge in [0.15, 0.2) is 5.82 Å². The predicted molar refractivity (Wildman–Crippen MR) is 66.0 cm³/mol. The van der Waals surface area contributed by atoms with Crippen LogP contribution >= 0.6 is 0 Å². The highest BCUT2D eigenvalue weighted by molar-refractivity contribution is 5.87. The Balaban J connectivity index is 2.04. The highest BCUT2D eigenvalue weighted by atomic mass is 19.1. The molecule has 3 heterocycles. The van der Waals surface area contributed by atoms with Crippen molar-refractivity contribution in [2.45, 2.75) is 24.4 Å². The predicted octanol–water partition coefficient (Wildman–Crippen LogP) is -0.756. The number of alkyl halides is 1. The van der Waals surface area contributed by atoms with Crippen molar-refractivity contribution in [2.24, 2.45) is 0 Å². The van der Waals surface area contributed by atoms with E-state index in [1.165, 1.54) is 6.33 Å². The van der Waals surface area contributed by atoms with E-state index in [0.717, 1.165) is 0 Å². The summed E-state index contributed by atoms with van der Waals surface area (Å²) >= 11 is 0. The van der Waals surface area contributed by atoms with Crippen LogP contribution in [0.25, 0.3) is 11.0 Å². The number of halogens is 1. The number of nitrogen functional groups attached to an aromatic ring is 1. The van der Waals surface area contributed by atoms with E-state index >= 15 is 0 Å². The molecule has 0 saturated carbocycles. The first kappa shape index (κ1) is 12.3. The number of nitrogens with two attached hydrogens (primary N) is 1. The first-order valence-corrected chi connectivity index (χ1v) is 5.90. The van der Waals surface area contributed by atoms with Crippen molar-refractivity contribution in [3.63, 3.8) is 0 Å². The molecule has 0 bridgehead atoms. The topological polar surface area (TPSA) is 120 Å². The number of anilines is 1. The fraction of sp³-hybridized carbons (Fsp3) is 0.455. The fourth-order valence-electron chi connectivity index (χ4n) is 2.48. The maximum Gasteiger partial charge on any atom is 0.151 e. The van der Waals surface area contributed by atoms with E-state index < -0.39 is 24.4 Å². The SMILES string of the molecule is Nc1ncnc2c([C@@H]3N[C@H](CO)[C@@H](O)[C@H]3F)c[nH]c12. The Morgan fingerprint density at radius 3 is 2.89 bits per heavy atom. The van der Waals surface area contributed by atoms with Crippen LogP contribution in [0.1, 0.15) is 11.6 Å². The van der Waals surface area contributed by atoms with Crippen molar-refractivity contribution < 1.29 is 14.6 Å². The minimum atomic E-state index is -1.52. The third-order valence-corrected chi connectivity index (χ3v) is 3.50. The lowest BCUT2D eigenvalue weighted by molar-refractivity contribution is 0.0675. The first-order chi connectivity index (χ1) is 9.13. The zero-order chi connectivity index (χ0) is 13.6. The van der Waals surface area contributed by atoms with Crippen molar-refractivity contribution >= 4 is 16.9 Å². The molecule has 7 nitrogen and oxygen atoms in total. The molecule has 19 heavy (non-hydrogen) atoms. The summed E-state index contributed by atoms with van der Waals surface area (Å²) in [5, 5.41) is 21.6. The van der Waals surface area contributed by atoms with Crippen LogP contribution in [0, 0.1) is 0 Å². The Labute approximate surface area is 107 Å². The number of hydrogen-bond acceptors (Lipinski definition) is 6. The molecule has 2 aromatic rings. The molecule has 0 amide bonds. The van der Waals surface area contributed by atoms with Crippen LogP contribution in [0.5, 0.6) is 0 Å². The monoisotopic (exact) mass is 267 g/mol. The standard InChI is InChI=1S/C11H14FN5O2/c12-6-7(17-5(2-18)10(6)19)4-1-14-9-8(4)15-3-16-11(9)13/h1,3,5-7,10,14,17-19H,2H2,(H2,13,15,16)/t5-,6+,7+,10-/m1/s1. The minimum Gasteiger partial charge on any atom is -0.395 e. The Kier molecular flexibility index (Phi) is 2.85. The van der Waals surface area contributed by atoms with Crippen LogP contribution in [-0.2, 0) is 0 Å². The second kappa shape index (κ2) is 4.41. The fourth-order valence-corrected chi connectivity index (χ4v) is 2.48. The number of aliphatic hydroxyl groups is 2. The zero-order valence-corrected chi connectivity index (χ0v) is 9.92. The van der Waals surface area contributed by atoms with Crippen molar-refractivity contribution in [3.8, 4) is 0 Å². The number of rotatable bonds is 2. The molecule has 0 unspecified atom stereocenters. The Bertz CT molecular complexity index is 604. The summed E-state index contributed by atoms with van der Waals surface area (Å²) in [7, 11) is 0. The summed E-state index contributed by atoms with van der Waals surface area (Å²) in [6.07, 6.45) is 0.121. The van der Waals surface area contributed by atoms with E-state index in [1.54, 1.807) is 6.20 Å². The lowest BCUT2D eigenvalue weighted by Gasteiger charge is -2.12. The summed E-state index contributed by atoms with van der Waals surface area (Å²) in [6.45, 7) is -0.336. The van der Waals surface area contributed by atoms with Gasteiger partial charge in [0.05, 0.1) is 24.2 Å². The summed E-state index contributed by atoms with van der Waals surface area (Å²) < 4.78 is 14.1. The summed E-state index contributed by atoms with van der Waals surface area (Å²) in [5.41, 5.74) is 7.31. The van der Waals surface area contributed by atoms with Gasteiger partial charge in [-0.25, -0.2) is 14.4 Å². The molecule has 1 aliphatic rings. The van der Waals surface area contributed by atoms with Gasteiger partial charge in [-0.2, -0.15) is 0 Å². The molecule has 6 N–H and O–H groups in total. The molecule has 3 rings (SSSR count). The highest BCUT2D eigenvalue weighted by Gasteiger charge is 2.43.